The molecule has 0 aliphatic heterocycles. The zero-order valence-corrected chi connectivity index (χ0v) is 8.83. The molecule has 1 aromatic rings. The summed E-state index contributed by atoms with van der Waals surface area (Å²) in [5, 5.41) is 8.55. The fourth-order valence-corrected chi connectivity index (χ4v) is 1.01. The second-order valence-electron chi connectivity index (χ2n) is 3.18. The highest BCUT2D eigenvalue weighted by Crippen LogP contribution is 2.19. The van der Waals surface area contributed by atoms with Crippen molar-refractivity contribution in [3.8, 4) is 5.75 Å². The monoisotopic (exact) mass is 268 g/mol. The van der Waals surface area contributed by atoms with Crippen LogP contribution >= 0.6 is 0 Å². The van der Waals surface area contributed by atoms with Gasteiger partial charge in [-0.2, -0.15) is 13.2 Å². The Kier molecular flexibility index (Phi) is 4.49. The molecule has 18 heavy (non-hydrogen) atoms. The van der Waals surface area contributed by atoms with Crippen molar-refractivity contribution in [1.82, 2.24) is 0 Å². The van der Waals surface area contributed by atoms with Gasteiger partial charge in [0.2, 0.25) is 0 Å². The minimum atomic E-state index is -4.49. The highest BCUT2D eigenvalue weighted by molar-refractivity contribution is 5.87. The number of aromatic carboxylic acids is 1. The molecule has 0 amide bonds. The predicted octanol–water partition coefficient (Wildman–Crippen LogP) is 2.44. The smallest absolute Gasteiger partial charge is 0.411 e. The van der Waals surface area contributed by atoms with Crippen molar-refractivity contribution in [1.29, 1.82) is 0 Å². The van der Waals surface area contributed by atoms with Crippen LogP contribution in [0.25, 0.3) is 0 Å². The number of ether oxygens (including phenoxy) is 2. The molecule has 0 aromatic heterocycles. The van der Waals surface area contributed by atoms with Crippen LogP contribution in [0.5, 0.6) is 5.75 Å². The Bertz CT molecular complexity index is 430. The molecule has 1 aromatic carbocycles. The fraction of sp³-hybridized carbons (Fsp3) is 0.300. The largest absolute Gasteiger partial charge is 0.478 e. The van der Waals surface area contributed by atoms with Crippen molar-refractivity contribution in [2.45, 2.75) is 6.18 Å². The maximum Gasteiger partial charge on any atom is 0.411 e. The fourth-order valence-electron chi connectivity index (χ4n) is 1.01. The van der Waals surface area contributed by atoms with E-state index in [2.05, 4.69) is 9.47 Å². The third kappa shape index (κ3) is 4.58. The topological polar surface area (TPSA) is 55.8 Å². The van der Waals surface area contributed by atoms with Gasteiger partial charge in [0.05, 0.1) is 5.56 Å². The van der Waals surface area contributed by atoms with Gasteiger partial charge < -0.3 is 14.6 Å². The number of benzene rings is 1. The first-order valence-electron chi connectivity index (χ1n) is 4.60. The molecule has 0 aliphatic rings. The summed E-state index contributed by atoms with van der Waals surface area (Å²) in [6.45, 7) is -2.30. The van der Waals surface area contributed by atoms with E-state index in [1.54, 1.807) is 0 Å². The lowest BCUT2D eigenvalue weighted by molar-refractivity contribution is -0.187. The Morgan fingerprint density at radius 2 is 2.00 bits per heavy atom. The summed E-state index contributed by atoms with van der Waals surface area (Å²) in [6.07, 6.45) is -4.49. The quantitative estimate of drug-likeness (QED) is 0.506. The molecule has 0 unspecified atom stereocenters. The molecule has 0 heterocycles. The number of alkyl halides is 3. The maximum absolute atomic E-state index is 13.2. The van der Waals surface area contributed by atoms with Gasteiger partial charge in [-0.1, -0.05) is 0 Å². The normalized spacial score (nSPS) is 11.3. The number of hydrogen-bond donors (Lipinski definition) is 1. The molecule has 0 radical (unpaired) electrons. The van der Waals surface area contributed by atoms with Gasteiger partial charge in [0.15, 0.2) is 18.4 Å². The Labute approximate surface area is 98.7 Å². The van der Waals surface area contributed by atoms with Crippen LogP contribution in [0.15, 0.2) is 18.2 Å². The lowest BCUT2D eigenvalue weighted by atomic mass is 10.2. The van der Waals surface area contributed by atoms with E-state index in [1.807, 2.05) is 0 Å². The van der Waals surface area contributed by atoms with Gasteiger partial charge in [0.25, 0.3) is 0 Å². The summed E-state index contributed by atoms with van der Waals surface area (Å²) < 4.78 is 56.9. The number of halogens is 4. The van der Waals surface area contributed by atoms with E-state index in [4.69, 9.17) is 5.11 Å². The number of rotatable bonds is 5. The summed E-state index contributed by atoms with van der Waals surface area (Å²) in [5.74, 6) is -2.71. The molecular weight excluding hydrogens is 260 g/mol. The van der Waals surface area contributed by atoms with Crippen molar-refractivity contribution >= 4 is 5.97 Å². The van der Waals surface area contributed by atoms with E-state index in [0.29, 0.717) is 6.07 Å². The maximum atomic E-state index is 13.2. The van der Waals surface area contributed by atoms with Crippen molar-refractivity contribution in [3.63, 3.8) is 0 Å². The Balaban J connectivity index is 2.51. The number of carboxylic acids is 1. The Hall–Kier alpha value is -1.83. The van der Waals surface area contributed by atoms with Crippen LogP contribution in [0.2, 0.25) is 0 Å². The minimum Gasteiger partial charge on any atom is -0.478 e. The molecule has 0 spiro atoms. The molecule has 0 fully saturated rings. The van der Waals surface area contributed by atoms with Crippen LogP contribution in [0.1, 0.15) is 10.4 Å². The summed E-state index contributed by atoms with van der Waals surface area (Å²) in [6, 6.07) is 2.75. The first kappa shape index (κ1) is 14.2. The summed E-state index contributed by atoms with van der Waals surface area (Å²) >= 11 is 0. The highest BCUT2D eigenvalue weighted by atomic mass is 19.4. The molecular formula is C10H8F4O4. The number of carbonyl (C=O) groups is 1. The van der Waals surface area contributed by atoms with Gasteiger partial charge in [-0.3, -0.25) is 0 Å². The van der Waals surface area contributed by atoms with Gasteiger partial charge in [0.1, 0.15) is 6.61 Å². The minimum absolute atomic E-state index is 0.295. The molecule has 1 rings (SSSR count). The number of carboxylic acid groups (broad SMARTS) is 1. The van der Waals surface area contributed by atoms with Crippen molar-refractivity contribution in [2.24, 2.45) is 0 Å². The lowest BCUT2D eigenvalue weighted by Gasteiger charge is -2.10. The molecule has 100 valence electrons. The molecule has 0 aliphatic carbocycles. The van der Waals surface area contributed by atoms with E-state index >= 15 is 0 Å². The van der Waals surface area contributed by atoms with Crippen LogP contribution in [0, 0.1) is 5.82 Å². The summed E-state index contributed by atoms with van der Waals surface area (Å²) in [7, 11) is 0. The van der Waals surface area contributed by atoms with Crippen molar-refractivity contribution in [2.75, 3.05) is 13.4 Å². The molecule has 0 saturated heterocycles. The van der Waals surface area contributed by atoms with Gasteiger partial charge in [0, 0.05) is 0 Å². The second-order valence-corrected chi connectivity index (χ2v) is 3.18. The first-order chi connectivity index (χ1) is 8.29. The standard InChI is InChI=1S/C10H8F4O4/c11-7-3-6(9(15)16)1-2-8(7)18-5-17-4-10(12,13)14/h1-3H,4-5H2,(H,15,16). The zero-order chi connectivity index (χ0) is 13.8. The van der Waals surface area contributed by atoms with Crippen molar-refractivity contribution < 1.29 is 36.9 Å². The third-order valence-electron chi connectivity index (χ3n) is 1.74. The van der Waals surface area contributed by atoms with Gasteiger partial charge in [-0.15, -0.1) is 0 Å². The van der Waals surface area contributed by atoms with Crippen LogP contribution < -0.4 is 4.74 Å². The highest BCUT2D eigenvalue weighted by Gasteiger charge is 2.27. The molecule has 1 N–H and O–H groups in total. The van der Waals surface area contributed by atoms with Crippen molar-refractivity contribution in [3.05, 3.63) is 29.6 Å². The predicted molar refractivity (Wildman–Crippen MR) is 50.9 cm³/mol. The molecule has 0 bridgehead atoms. The summed E-state index contributed by atoms with van der Waals surface area (Å²) in [5.41, 5.74) is -0.295. The SMILES string of the molecule is O=C(O)c1ccc(OCOCC(F)(F)F)c(F)c1. The van der Waals surface area contributed by atoms with E-state index in [9.17, 15) is 22.4 Å². The van der Waals surface area contributed by atoms with E-state index in [1.165, 1.54) is 0 Å². The summed E-state index contributed by atoms with van der Waals surface area (Å²) in [4.78, 5) is 10.5. The Morgan fingerprint density at radius 3 is 2.50 bits per heavy atom. The van der Waals surface area contributed by atoms with Crippen LogP contribution in [0.3, 0.4) is 0 Å². The zero-order valence-electron chi connectivity index (χ0n) is 8.83. The second kappa shape index (κ2) is 5.67. The van der Waals surface area contributed by atoms with E-state index in [0.717, 1.165) is 12.1 Å². The van der Waals surface area contributed by atoms with Crippen LogP contribution in [0.4, 0.5) is 17.6 Å². The number of hydrogen-bond acceptors (Lipinski definition) is 3. The van der Waals surface area contributed by atoms with Gasteiger partial charge in [-0.25, -0.2) is 9.18 Å². The lowest BCUT2D eigenvalue weighted by Crippen LogP contribution is -2.19. The molecule has 8 heteroatoms. The van der Waals surface area contributed by atoms with Gasteiger partial charge in [-0.05, 0) is 18.2 Å². The first-order valence-corrected chi connectivity index (χ1v) is 4.60. The van der Waals surface area contributed by atoms with Crippen LogP contribution in [-0.2, 0) is 4.74 Å². The molecule has 4 nitrogen and oxygen atoms in total. The average molecular weight is 268 g/mol. The third-order valence-corrected chi connectivity index (χ3v) is 1.74. The average Bonchev–Trinajstić information content (AvgIpc) is 2.24. The van der Waals surface area contributed by atoms with E-state index < -0.39 is 31.4 Å². The van der Waals surface area contributed by atoms with E-state index in [-0.39, 0.29) is 11.3 Å². The molecule has 0 atom stereocenters. The van der Waals surface area contributed by atoms with Gasteiger partial charge >= 0.3 is 12.1 Å². The Morgan fingerprint density at radius 1 is 1.33 bits per heavy atom. The molecule has 0 saturated carbocycles. The van der Waals surface area contributed by atoms with Crippen LogP contribution in [-0.4, -0.2) is 30.7 Å².